The van der Waals surface area contributed by atoms with Gasteiger partial charge < -0.3 is 15.1 Å². The maximum Gasteiger partial charge on any atom is 0.408 e. The van der Waals surface area contributed by atoms with Crippen LogP contribution in [0.1, 0.15) is 41.3 Å². The van der Waals surface area contributed by atoms with Gasteiger partial charge >= 0.3 is 6.18 Å². The van der Waals surface area contributed by atoms with Crippen molar-refractivity contribution in [3.05, 3.63) is 59.3 Å². The molecule has 1 spiro atoms. The Morgan fingerprint density at radius 3 is 2.62 bits per heavy atom. The van der Waals surface area contributed by atoms with Crippen molar-refractivity contribution >= 4 is 34.3 Å². The Bertz CT molecular complexity index is 1390. The third-order valence-electron chi connectivity index (χ3n) is 7.44. The zero-order valence-electron chi connectivity index (χ0n) is 20.4. The van der Waals surface area contributed by atoms with Gasteiger partial charge in [0, 0.05) is 29.7 Å². The Kier molecular flexibility index (Phi) is 5.96. The summed E-state index contributed by atoms with van der Waals surface area (Å²) in [6, 6.07) is 8.62. The van der Waals surface area contributed by atoms with Crippen LogP contribution in [0.15, 0.2) is 42.6 Å². The highest BCUT2D eigenvalue weighted by atomic mass is 19.4. The van der Waals surface area contributed by atoms with Gasteiger partial charge in [0.2, 0.25) is 11.8 Å². The van der Waals surface area contributed by atoms with E-state index in [-0.39, 0.29) is 11.8 Å². The van der Waals surface area contributed by atoms with E-state index in [1.54, 1.807) is 41.4 Å². The largest absolute Gasteiger partial charge is 0.408 e. The highest BCUT2D eigenvalue weighted by Gasteiger charge is 2.53. The Balaban J connectivity index is 1.36. The number of carbonyl (C=O) groups excluding carboxylic acids is 3. The van der Waals surface area contributed by atoms with Gasteiger partial charge in [-0.1, -0.05) is 12.1 Å². The fourth-order valence-corrected chi connectivity index (χ4v) is 5.46. The van der Waals surface area contributed by atoms with Crippen molar-refractivity contribution in [2.24, 2.45) is 0 Å². The standard InChI is InChI=1S/C26H26F3N5O3/c1-15-4-3-5-20-22(15)25(24(37)34(20)14-21(35)31-16(2)26(27,28)29)8-10-33(11-9-25)23(36)17-6-7-19-18(12-17)13-30-32-19/h3-7,12-13,16H,8-11,14H2,1-2H3,(H,30,32)(H,31,35)/t16-/m1/s1. The first-order valence-electron chi connectivity index (χ1n) is 12.0. The Hall–Kier alpha value is -3.89. The van der Waals surface area contributed by atoms with Crippen LogP contribution in [-0.2, 0) is 15.0 Å². The first-order valence-corrected chi connectivity index (χ1v) is 12.0. The lowest BCUT2D eigenvalue weighted by Crippen LogP contribution is -2.52. The van der Waals surface area contributed by atoms with Crippen molar-refractivity contribution in [1.82, 2.24) is 20.4 Å². The molecule has 0 bridgehead atoms. The van der Waals surface area contributed by atoms with Crippen LogP contribution in [-0.4, -0.2) is 64.7 Å². The van der Waals surface area contributed by atoms with Crippen LogP contribution in [0.2, 0.25) is 0 Å². The molecule has 8 nitrogen and oxygen atoms in total. The average Bonchev–Trinajstić information content (AvgIpc) is 3.41. The van der Waals surface area contributed by atoms with Crippen molar-refractivity contribution in [3.63, 3.8) is 0 Å². The summed E-state index contributed by atoms with van der Waals surface area (Å²) in [7, 11) is 0. The zero-order valence-corrected chi connectivity index (χ0v) is 20.4. The molecule has 1 aromatic heterocycles. The Morgan fingerprint density at radius 1 is 1.19 bits per heavy atom. The number of amides is 3. The molecule has 11 heteroatoms. The molecule has 0 saturated carbocycles. The number of alkyl halides is 3. The van der Waals surface area contributed by atoms with Gasteiger partial charge in [-0.15, -0.1) is 0 Å². The van der Waals surface area contributed by atoms with Crippen LogP contribution in [0.3, 0.4) is 0 Å². The number of anilines is 1. The lowest BCUT2D eigenvalue weighted by atomic mass is 9.72. The molecule has 2 aliphatic heterocycles. The molecule has 37 heavy (non-hydrogen) atoms. The second-order valence-electron chi connectivity index (χ2n) is 9.74. The summed E-state index contributed by atoms with van der Waals surface area (Å²) in [5, 5.41) is 9.59. The van der Waals surface area contributed by atoms with Crippen LogP contribution >= 0.6 is 0 Å². The molecule has 3 aromatic rings. The van der Waals surface area contributed by atoms with E-state index in [1.807, 2.05) is 18.3 Å². The Labute approximate surface area is 210 Å². The van der Waals surface area contributed by atoms with E-state index >= 15 is 0 Å². The number of rotatable bonds is 4. The van der Waals surface area contributed by atoms with E-state index in [2.05, 4.69) is 10.2 Å². The van der Waals surface area contributed by atoms with Crippen LogP contribution < -0.4 is 10.2 Å². The number of H-pyrrole nitrogens is 1. The minimum Gasteiger partial charge on any atom is -0.343 e. The Morgan fingerprint density at radius 2 is 1.92 bits per heavy atom. The number of hydrogen-bond acceptors (Lipinski definition) is 4. The molecule has 2 aromatic carbocycles. The molecule has 2 N–H and O–H groups in total. The summed E-state index contributed by atoms with van der Waals surface area (Å²) in [4.78, 5) is 42.5. The average molecular weight is 514 g/mol. The third-order valence-corrected chi connectivity index (χ3v) is 7.44. The first-order chi connectivity index (χ1) is 17.5. The lowest BCUT2D eigenvalue weighted by molar-refractivity contribution is -0.157. The van der Waals surface area contributed by atoms with Gasteiger partial charge in [0.1, 0.15) is 12.6 Å². The number of nitrogens with one attached hydrogen (secondary N) is 2. The topological polar surface area (TPSA) is 98.4 Å². The van der Waals surface area contributed by atoms with Gasteiger partial charge in [-0.3, -0.25) is 19.5 Å². The second kappa shape index (κ2) is 8.89. The highest BCUT2D eigenvalue weighted by molar-refractivity contribution is 6.11. The number of benzene rings is 2. The predicted octanol–water partition coefficient (Wildman–Crippen LogP) is 3.46. The number of hydrogen-bond donors (Lipinski definition) is 2. The van der Waals surface area contributed by atoms with E-state index in [1.165, 1.54) is 4.90 Å². The summed E-state index contributed by atoms with van der Waals surface area (Å²) < 4.78 is 38.8. The normalized spacial score (nSPS) is 17.8. The minimum absolute atomic E-state index is 0.147. The number of piperidine rings is 1. The smallest absolute Gasteiger partial charge is 0.343 e. The van der Waals surface area contributed by atoms with Crippen LogP contribution in [0.25, 0.3) is 10.9 Å². The number of halogens is 3. The molecule has 0 unspecified atom stereocenters. The highest BCUT2D eigenvalue weighted by Crippen LogP contribution is 2.49. The van der Waals surface area contributed by atoms with Crippen molar-refractivity contribution in [2.45, 2.75) is 44.3 Å². The van der Waals surface area contributed by atoms with Crippen molar-refractivity contribution < 1.29 is 27.6 Å². The molecule has 3 heterocycles. The molecule has 1 atom stereocenters. The van der Waals surface area contributed by atoms with Crippen molar-refractivity contribution in [2.75, 3.05) is 24.5 Å². The fourth-order valence-electron chi connectivity index (χ4n) is 5.46. The van der Waals surface area contributed by atoms with E-state index < -0.39 is 30.1 Å². The summed E-state index contributed by atoms with van der Waals surface area (Å²) in [6.07, 6.45) is -2.24. The predicted molar refractivity (Wildman–Crippen MR) is 130 cm³/mol. The number of aromatic nitrogens is 2. The maximum atomic E-state index is 13.8. The van der Waals surface area contributed by atoms with Crippen LogP contribution in [0, 0.1) is 6.92 Å². The summed E-state index contributed by atoms with van der Waals surface area (Å²) in [5.41, 5.74) is 2.58. The second-order valence-corrected chi connectivity index (χ2v) is 9.74. The molecular weight excluding hydrogens is 487 g/mol. The lowest BCUT2D eigenvalue weighted by Gasteiger charge is -2.39. The summed E-state index contributed by atoms with van der Waals surface area (Å²) >= 11 is 0. The van der Waals surface area contributed by atoms with Crippen LogP contribution in [0.4, 0.5) is 18.9 Å². The van der Waals surface area contributed by atoms with Gasteiger partial charge in [0.05, 0.1) is 17.1 Å². The SMILES string of the molecule is Cc1cccc2c1C1(CCN(C(=O)c3ccc4[nH]ncc4c3)CC1)C(=O)N2CC(=O)N[C@H](C)C(F)(F)F. The number of likely N-dealkylation sites (tertiary alicyclic amines) is 1. The summed E-state index contributed by atoms with van der Waals surface area (Å²) in [5.74, 6) is -1.35. The molecule has 0 aliphatic carbocycles. The number of nitrogens with zero attached hydrogens (tertiary/aromatic N) is 3. The van der Waals surface area contributed by atoms with E-state index in [0.717, 1.165) is 29.0 Å². The van der Waals surface area contributed by atoms with Gasteiger partial charge in [-0.2, -0.15) is 18.3 Å². The summed E-state index contributed by atoms with van der Waals surface area (Å²) in [6.45, 7) is 2.88. The quantitative estimate of drug-likeness (QED) is 0.558. The fraction of sp³-hybridized carbons (Fsp3) is 0.385. The molecule has 1 saturated heterocycles. The number of carbonyl (C=O) groups is 3. The van der Waals surface area contributed by atoms with Gasteiger partial charge in [0.25, 0.3) is 5.91 Å². The van der Waals surface area contributed by atoms with Crippen molar-refractivity contribution in [1.29, 1.82) is 0 Å². The molecule has 3 amide bonds. The van der Waals surface area contributed by atoms with E-state index in [4.69, 9.17) is 0 Å². The van der Waals surface area contributed by atoms with E-state index in [9.17, 15) is 27.6 Å². The molecular formula is C26H26F3N5O3. The van der Waals surface area contributed by atoms with Crippen LogP contribution in [0.5, 0.6) is 0 Å². The van der Waals surface area contributed by atoms with Crippen molar-refractivity contribution in [3.8, 4) is 0 Å². The third kappa shape index (κ3) is 4.21. The minimum atomic E-state index is -4.58. The van der Waals surface area contributed by atoms with E-state index in [0.29, 0.717) is 37.2 Å². The number of aryl methyl sites for hydroxylation is 1. The van der Waals surface area contributed by atoms with Gasteiger partial charge in [-0.25, -0.2) is 0 Å². The molecule has 194 valence electrons. The van der Waals surface area contributed by atoms with Gasteiger partial charge in [0.15, 0.2) is 0 Å². The van der Waals surface area contributed by atoms with Gasteiger partial charge in [-0.05, 0) is 62.1 Å². The zero-order chi connectivity index (χ0) is 26.5. The molecule has 0 radical (unpaired) electrons. The number of fused-ring (bicyclic) bond motifs is 3. The first kappa shape index (κ1) is 24.8. The molecule has 1 fully saturated rings. The molecule has 2 aliphatic rings. The number of aromatic amines is 1. The molecule has 5 rings (SSSR count). The monoisotopic (exact) mass is 513 g/mol. The maximum absolute atomic E-state index is 13.8.